The number of fused-ring (bicyclic) bond motifs is 1. The Hall–Kier alpha value is -2.09. The molecule has 2 heteroatoms. The summed E-state index contributed by atoms with van der Waals surface area (Å²) in [6.07, 6.45) is 6.02. The second-order valence-corrected chi connectivity index (χ2v) is 5.93. The monoisotopic (exact) mass is 279 g/mol. The van der Waals surface area contributed by atoms with Crippen LogP contribution < -0.4 is 0 Å². The van der Waals surface area contributed by atoms with Crippen molar-refractivity contribution in [1.82, 2.24) is 4.90 Å². The molecule has 1 aliphatic rings. The third-order valence-electron chi connectivity index (χ3n) is 4.20. The summed E-state index contributed by atoms with van der Waals surface area (Å²) in [5.41, 5.74) is 1.10. The zero-order valence-electron chi connectivity index (χ0n) is 12.5. The molecule has 1 atom stereocenters. The highest BCUT2D eigenvalue weighted by Gasteiger charge is 2.18. The maximum Gasteiger partial charge on any atom is 0.246 e. The molecule has 1 aliphatic heterocycles. The van der Waals surface area contributed by atoms with E-state index in [0.717, 1.165) is 25.1 Å². The van der Waals surface area contributed by atoms with Crippen molar-refractivity contribution in [3.63, 3.8) is 0 Å². The molecule has 0 bridgehead atoms. The van der Waals surface area contributed by atoms with E-state index < -0.39 is 0 Å². The number of piperidine rings is 1. The molecule has 1 amide bonds. The van der Waals surface area contributed by atoms with Gasteiger partial charge in [0.25, 0.3) is 0 Å². The average molecular weight is 279 g/mol. The third kappa shape index (κ3) is 3.15. The summed E-state index contributed by atoms with van der Waals surface area (Å²) in [6.45, 7) is 4.00. The molecule has 1 saturated heterocycles. The lowest BCUT2D eigenvalue weighted by molar-refractivity contribution is -0.127. The van der Waals surface area contributed by atoms with Gasteiger partial charge in [-0.05, 0) is 41.2 Å². The highest BCUT2D eigenvalue weighted by molar-refractivity contribution is 5.96. The minimum atomic E-state index is 0.134. The van der Waals surface area contributed by atoms with Gasteiger partial charge in [0.15, 0.2) is 0 Å². The molecule has 0 radical (unpaired) electrons. The van der Waals surface area contributed by atoms with Crippen LogP contribution in [-0.2, 0) is 4.79 Å². The first-order valence-electron chi connectivity index (χ1n) is 7.69. The Balaban J connectivity index is 1.80. The molecular weight excluding hydrogens is 258 g/mol. The molecule has 21 heavy (non-hydrogen) atoms. The molecule has 1 unspecified atom stereocenters. The molecule has 1 heterocycles. The van der Waals surface area contributed by atoms with Crippen LogP contribution in [0.1, 0.15) is 25.3 Å². The van der Waals surface area contributed by atoms with E-state index in [2.05, 4.69) is 31.2 Å². The van der Waals surface area contributed by atoms with Gasteiger partial charge in [0.2, 0.25) is 5.91 Å². The zero-order valence-corrected chi connectivity index (χ0v) is 12.5. The van der Waals surface area contributed by atoms with E-state index >= 15 is 0 Å². The van der Waals surface area contributed by atoms with Gasteiger partial charge in [-0.3, -0.25) is 4.79 Å². The number of rotatable bonds is 2. The molecule has 0 saturated carbocycles. The molecule has 0 spiro atoms. The minimum Gasteiger partial charge on any atom is -0.339 e. The fourth-order valence-electron chi connectivity index (χ4n) is 3.05. The summed E-state index contributed by atoms with van der Waals surface area (Å²) >= 11 is 0. The maximum atomic E-state index is 12.3. The minimum absolute atomic E-state index is 0.134. The van der Waals surface area contributed by atoms with Crippen molar-refractivity contribution in [1.29, 1.82) is 0 Å². The highest BCUT2D eigenvalue weighted by atomic mass is 16.2. The summed E-state index contributed by atoms with van der Waals surface area (Å²) < 4.78 is 0. The van der Waals surface area contributed by atoms with Crippen LogP contribution in [0.4, 0.5) is 0 Å². The van der Waals surface area contributed by atoms with Gasteiger partial charge in [-0.15, -0.1) is 0 Å². The van der Waals surface area contributed by atoms with Crippen LogP contribution in [0, 0.1) is 5.92 Å². The summed E-state index contributed by atoms with van der Waals surface area (Å²) in [6, 6.07) is 14.5. The molecule has 1 fully saturated rings. The Labute approximate surface area is 126 Å². The van der Waals surface area contributed by atoms with E-state index in [4.69, 9.17) is 0 Å². The van der Waals surface area contributed by atoms with Crippen LogP contribution in [0.15, 0.2) is 48.5 Å². The normalized spacial score (nSPS) is 19.3. The molecule has 108 valence electrons. The number of carbonyl (C=O) groups is 1. The fraction of sp³-hybridized carbons (Fsp3) is 0.316. The summed E-state index contributed by atoms with van der Waals surface area (Å²) in [7, 11) is 0. The van der Waals surface area contributed by atoms with Gasteiger partial charge in [0.1, 0.15) is 0 Å². The summed E-state index contributed by atoms with van der Waals surface area (Å²) in [5.74, 6) is 0.753. The van der Waals surface area contributed by atoms with Gasteiger partial charge in [-0.25, -0.2) is 0 Å². The standard InChI is InChI=1S/C19H21NO/c1-15-6-5-13-20(14-15)19(21)12-11-17-9-4-8-16-7-2-3-10-18(16)17/h2-4,7-12,15H,5-6,13-14H2,1H3/b12-11+. The van der Waals surface area contributed by atoms with Crippen molar-refractivity contribution in [2.24, 2.45) is 5.92 Å². The van der Waals surface area contributed by atoms with E-state index in [0.29, 0.717) is 5.92 Å². The van der Waals surface area contributed by atoms with Gasteiger partial charge in [0.05, 0.1) is 0 Å². The van der Waals surface area contributed by atoms with Crippen molar-refractivity contribution in [3.8, 4) is 0 Å². The van der Waals surface area contributed by atoms with Crippen molar-refractivity contribution in [2.75, 3.05) is 13.1 Å². The molecule has 2 aromatic rings. The SMILES string of the molecule is CC1CCCN(C(=O)/C=C/c2cccc3ccccc23)C1. The maximum absolute atomic E-state index is 12.3. The van der Waals surface area contributed by atoms with Crippen LogP contribution in [0.5, 0.6) is 0 Å². The first-order valence-corrected chi connectivity index (χ1v) is 7.69. The smallest absolute Gasteiger partial charge is 0.246 e. The molecule has 0 N–H and O–H groups in total. The predicted octanol–water partition coefficient (Wildman–Crippen LogP) is 4.11. The Kier molecular flexibility index (Phi) is 4.05. The lowest BCUT2D eigenvalue weighted by Crippen LogP contribution is -2.38. The van der Waals surface area contributed by atoms with Crippen molar-refractivity contribution in [3.05, 3.63) is 54.1 Å². The van der Waals surface area contributed by atoms with Gasteiger partial charge in [-0.1, -0.05) is 49.4 Å². The number of hydrogen-bond donors (Lipinski definition) is 0. The number of hydrogen-bond acceptors (Lipinski definition) is 1. The second-order valence-electron chi connectivity index (χ2n) is 5.93. The van der Waals surface area contributed by atoms with E-state index in [1.165, 1.54) is 17.2 Å². The van der Waals surface area contributed by atoms with Crippen LogP contribution >= 0.6 is 0 Å². The Morgan fingerprint density at radius 1 is 1.19 bits per heavy atom. The first kappa shape index (κ1) is 13.9. The largest absolute Gasteiger partial charge is 0.339 e. The molecular formula is C19H21NO. The number of benzene rings is 2. The van der Waals surface area contributed by atoms with E-state index in [1.807, 2.05) is 29.2 Å². The molecule has 0 aromatic heterocycles. The summed E-state index contributed by atoms with van der Waals surface area (Å²) in [5, 5.41) is 2.40. The van der Waals surface area contributed by atoms with Crippen LogP contribution in [0.2, 0.25) is 0 Å². The molecule has 0 aliphatic carbocycles. The molecule has 2 aromatic carbocycles. The van der Waals surface area contributed by atoms with Gasteiger partial charge in [-0.2, -0.15) is 0 Å². The second kappa shape index (κ2) is 6.13. The third-order valence-corrected chi connectivity index (χ3v) is 4.20. The van der Waals surface area contributed by atoms with Crippen LogP contribution in [0.25, 0.3) is 16.8 Å². The number of carbonyl (C=O) groups excluding carboxylic acids is 1. The van der Waals surface area contributed by atoms with Crippen molar-refractivity contribution in [2.45, 2.75) is 19.8 Å². The van der Waals surface area contributed by atoms with E-state index in [-0.39, 0.29) is 5.91 Å². The topological polar surface area (TPSA) is 20.3 Å². The Morgan fingerprint density at radius 3 is 2.86 bits per heavy atom. The van der Waals surface area contributed by atoms with Gasteiger partial charge >= 0.3 is 0 Å². The van der Waals surface area contributed by atoms with Crippen molar-refractivity contribution >= 4 is 22.8 Å². The number of amides is 1. The van der Waals surface area contributed by atoms with Gasteiger partial charge in [0, 0.05) is 19.2 Å². The van der Waals surface area contributed by atoms with Crippen molar-refractivity contribution < 1.29 is 4.79 Å². The lowest BCUT2D eigenvalue weighted by atomic mass is 10.00. The average Bonchev–Trinajstić information content (AvgIpc) is 2.52. The fourth-order valence-corrected chi connectivity index (χ4v) is 3.05. The summed E-state index contributed by atoms with van der Waals surface area (Å²) in [4.78, 5) is 14.3. The zero-order chi connectivity index (χ0) is 14.7. The Bertz CT molecular complexity index is 669. The first-order chi connectivity index (χ1) is 10.2. The lowest BCUT2D eigenvalue weighted by Gasteiger charge is -2.30. The highest BCUT2D eigenvalue weighted by Crippen LogP contribution is 2.20. The molecule has 3 rings (SSSR count). The van der Waals surface area contributed by atoms with E-state index in [9.17, 15) is 4.79 Å². The van der Waals surface area contributed by atoms with E-state index in [1.54, 1.807) is 6.08 Å². The Morgan fingerprint density at radius 2 is 2.00 bits per heavy atom. The number of nitrogens with zero attached hydrogens (tertiary/aromatic N) is 1. The predicted molar refractivity (Wildman–Crippen MR) is 88.0 cm³/mol. The quantitative estimate of drug-likeness (QED) is 0.757. The molecule has 2 nitrogen and oxygen atoms in total. The van der Waals surface area contributed by atoms with Crippen LogP contribution in [-0.4, -0.2) is 23.9 Å². The van der Waals surface area contributed by atoms with Gasteiger partial charge < -0.3 is 4.90 Å². The van der Waals surface area contributed by atoms with Crippen LogP contribution in [0.3, 0.4) is 0 Å². The number of likely N-dealkylation sites (tertiary alicyclic amines) is 1.